The van der Waals surface area contributed by atoms with E-state index < -0.39 is 5.54 Å². The third-order valence-electron chi connectivity index (χ3n) is 5.41. The second-order valence-electron chi connectivity index (χ2n) is 7.06. The first kappa shape index (κ1) is 18.7. The Morgan fingerprint density at radius 2 is 1.96 bits per heavy atom. The van der Waals surface area contributed by atoms with Gasteiger partial charge in [-0.3, -0.25) is 14.5 Å². The van der Waals surface area contributed by atoms with Crippen molar-refractivity contribution in [3.63, 3.8) is 0 Å². The summed E-state index contributed by atoms with van der Waals surface area (Å²) in [7, 11) is 1.67. The summed E-state index contributed by atoms with van der Waals surface area (Å²) in [6.07, 6.45) is 4.95. The van der Waals surface area contributed by atoms with Crippen LogP contribution in [0.25, 0.3) is 0 Å². The first-order chi connectivity index (χ1) is 12.4. The normalized spacial score (nSPS) is 19.3. The fourth-order valence-electron chi connectivity index (χ4n) is 3.91. The number of amides is 4. The van der Waals surface area contributed by atoms with Crippen LogP contribution in [0.3, 0.4) is 0 Å². The van der Waals surface area contributed by atoms with E-state index in [-0.39, 0.29) is 24.4 Å². The molecule has 0 bridgehead atoms. The second-order valence-corrected chi connectivity index (χ2v) is 7.49. The summed E-state index contributed by atoms with van der Waals surface area (Å²) in [5.74, 6) is -0.551. The first-order valence-electron chi connectivity index (χ1n) is 9.05. The Hall–Kier alpha value is -2.08. The average molecular weight is 378 g/mol. The lowest BCUT2D eigenvalue weighted by Crippen LogP contribution is -2.49. The molecule has 1 saturated heterocycles. The summed E-state index contributed by atoms with van der Waals surface area (Å²) in [4.78, 5) is 40.2. The number of nitrogens with one attached hydrogen (secondary N) is 1. The lowest BCUT2D eigenvalue weighted by atomic mass is 9.81. The minimum absolute atomic E-state index is 0.223. The number of imide groups is 1. The molecule has 1 aromatic carbocycles. The van der Waals surface area contributed by atoms with Gasteiger partial charge in [0.15, 0.2) is 0 Å². The van der Waals surface area contributed by atoms with Crippen molar-refractivity contribution in [3.05, 3.63) is 34.9 Å². The van der Waals surface area contributed by atoms with Crippen LogP contribution in [0, 0.1) is 0 Å². The Morgan fingerprint density at radius 1 is 1.23 bits per heavy atom. The number of benzene rings is 1. The van der Waals surface area contributed by atoms with Gasteiger partial charge in [0.1, 0.15) is 12.1 Å². The topological polar surface area (TPSA) is 69.7 Å². The van der Waals surface area contributed by atoms with Crippen LogP contribution in [0.15, 0.2) is 24.3 Å². The van der Waals surface area contributed by atoms with Crippen LogP contribution in [0.4, 0.5) is 4.79 Å². The summed E-state index contributed by atoms with van der Waals surface area (Å²) in [5, 5.41) is 3.43. The van der Waals surface area contributed by atoms with Gasteiger partial charge in [-0.15, -0.1) is 0 Å². The van der Waals surface area contributed by atoms with Crippen molar-refractivity contribution in [3.8, 4) is 0 Å². The predicted molar refractivity (Wildman–Crippen MR) is 98.9 cm³/mol. The third-order valence-corrected chi connectivity index (χ3v) is 5.65. The fraction of sp³-hybridized carbons (Fsp3) is 0.526. The molecule has 1 aromatic rings. The highest BCUT2D eigenvalue weighted by atomic mass is 35.5. The van der Waals surface area contributed by atoms with Gasteiger partial charge in [-0.2, -0.15) is 0 Å². The van der Waals surface area contributed by atoms with E-state index in [1.54, 1.807) is 13.1 Å². The number of hydrogen-bond acceptors (Lipinski definition) is 3. The smallest absolute Gasteiger partial charge is 0.327 e. The van der Waals surface area contributed by atoms with E-state index in [1.165, 1.54) is 4.90 Å². The number of urea groups is 1. The van der Waals surface area contributed by atoms with E-state index in [4.69, 9.17) is 11.6 Å². The highest BCUT2D eigenvalue weighted by Gasteiger charge is 2.55. The van der Waals surface area contributed by atoms with E-state index in [0.29, 0.717) is 30.8 Å². The van der Waals surface area contributed by atoms with Gasteiger partial charge < -0.3 is 10.2 Å². The molecule has 1 aliphatic carbocycles. The SMILES string of the molecule is CN1C(=O)N(CC(=O)NCCc2cccc(Cl)c2)C(=O)C12CCCCC2. The maximum atomic E-state index is 12.8. The van der Waals surface area contributed by atoms with Crippen molar-refractivity contribution in [1.29, 1.82) is 0 Å². The molecule has 140 valence electrons. The van der Waals surface area contributed by atoms with Crippen molar-refractivity contribution in [2.24, 2.45) is 0 Å². The summed E-state index contributed by atoms with van der Waals surface area (Å²) >= 11 is 5.94. The zero-order valence-corrected chi connectivity index (χ0v) is 15.7. The van der Waals surface area contributed by atoms with Crippen LogP contribution in [-0.4, -0.2) is 53.3 Å². The van der Waals surface area contributed by atoms with E-state index >= 15 is 0 Å². The zero-order valence-electron chi connectivity index (χ0n) is 15.0. The van der Waals surface area contributed by atoms with Gasteiger partial charge in [-0.25, -0.2) is 4.79 Å². The Balaban J connectivity index is 1.55. The highest BCUT2D eigenvalue weighted by Crippen LogP contribution is 2.39. The quantitative estimate of drug-likeness (QED) is 0.802. The maximum Gasteiger partial charge on any atom is 0.327 e. The number of hydrogen-bond donors (Lipinski definition) is 1. The third kappa shape index (κ3) is 3.56. The van der Waals surface area contributed by atoms with E-state index in [1.807, 2.05) is 18.2 Å². The number of nitrogens with zero attached hydrogens (tertiary/aromatic N) is 2. The van der Waals surface area contributed by atoms with E-state index in [2.05, 4.69) is 5.32 Å². The van der Waals surface area contributed by atoms with E-state index in [0.717, 1.165) is 29.7 Å². The van der Waals surface area contributed by atoms with Crippen molar-refractivity contribution < 1.29 is 14.4 Å². The molecule has 4 amide bonds. The summed E-state index contributed by atoms with van der Waals surface area (Å²) in [6.45, 7) is 0.204. The molecule has 1 heterocycles. The molecule has 1 aliphatic heterocycles. The molecule has 0 aromatic heterocycles. The van der Waals surface area contributed by atoms with Gasteiger partial charge in [0, 0.05) is 18.6 Å². The average Bonchev–Trinajstić information content (AvgIpc) is 2.79. The fourth-order valence-corrected chi connectivity index (χ4v) is 4.12. The predicted octanol–water partition coefficient (Wildman–Crippen LogP) is 2.60. The summed E-state index contributed by atoms with van der Waals surface area (Å²) < 4.78 is 0. The Bertz CT molecular complexity index is 716. The molecule has 0 unspecified atom stereocenters. The van der Waals surface area contributed by atoms with Gasteiger partial charge in [0.2, 0.25) is 5.91 Å². The number of rotatable bonds is 5. The molecule has 2 aliphatic rings. The number of likely N-dealkylation sites (N-methyl/N-ethyl adjacent to an activating group) is 1. The molecule has 1 spiro atoms. The molecule has 7 heteroatoms. The Kier molecular flexibility index (Phi) is 5.51. The number of carbonyl (C=O) groups excluding carboxylic acids is 3. The molecule has 1 saturated carbocycles. The molecular weight excluding hydrogens is 354 g/mol. The second kappa shape index (κ2) is 7.66. The lowest BCUT2D eigenvalue weighted by Gasteiger charge is -2.35. The monoisotopic (exact) mass is 377 g/mol. The highest BCUT2D eigenvalue weighted by molar-refractivity contribution is 6.30. The van der Waals surface area contributed by atoms with E-state index in [9.17, 15) is 14.4 Å². The molecular formula is C19H24ClN3O3. The lowest BCUT2D eigenvalue weighted by molar-refractivity contribution is -0.137. The van der Waals surface area contributed by atoms with Gasteiger partial charge in [0.25, 0.3) is 5.91 Å². The van der Waals surface area contributed by atoms with Crippen LogP contribution in [0.2, 0.25) is 5.02 Å². The number of halogens is 1. The van der Waals surface area contributed by atoms with Crippen LogP contribution in [-0.2, 0) is 16.0 Å². The molecule has 0 atom stereocenters. The van der Waals surface area contributed by atoms with Gasteiger partial charge in [-0.05, 0) is 37.0 Å². The van der Waals surface area contributed by atoms with Crippen LogP contribution < -0.4 is 5.32 Å². The van der Waals surface area contributed by atoms with Gasteiger partial charge in [0.05, 0.1) is 0 Å². The minimum Gasteiger partial charge on any atom is -0.354 e. The van der Waals surface area contributed by atoms with Crippen LogP contribution in [0.1, 0.15) is 37.7 Å². The molecule has 1 N–H and O–H groups in total. The first-order valence-corrected chi connectivity index (χ1v) is 9.43. The largest absolute Gasteiger partial charge is 0.354 e. The molecule has 26 heavy (non-hydrogen) atoms. The Morgan fingerprint density at radius 3 is 2.65 bits per heavy atom. The van der Waals surface area contributed by atoms with Gasteiger partial charge >= 0.3 is 6.03 Å². The maximum absolute atomic E-state index is 12.8. The van der Waals surface area contributed by atoms with Crippen molar-refractivity contribution in [2.45, 2.75) is 44.1 Å². The van der Waals surface area contributed by atoms with Crippen molar-refractivity contribution in [1.82, 2.24) is 15.1 Å². The summed E-state index contributed by atoms with van der Waals surface area (Å²) in [5.41, 5.74) is 0.281. The molecule has 2 fully saturated rings. The standard InChI is InChI=1S/C19H24ClN3O3/c1-22-18(26)23(17(25)19(22)9-3-2-4-10-19)13-16(24)21-11-8-14-6-5-7-15(20)12-14/h5-7,12H,2-4,8-11,13H2,1H3,(H,21,24). The molecule has 3 rings (SSSR count). The molecule has 6 nitrogen and oxygen atoms in total. The van der Waals surface area contributed by atoms with Gasteiger partial charge in [-0.1, -0.05) is 43.0 Å². The number of carbonyl (C=O) groups is 3. The minimum atomic E-state index is -0.740. The van der Waals surface area contributed by atoms with Crippen LogP contribution in [0.5, 0.6) is 0 Å². The Labute approximate surface area is 158 Å². The zero-order chi connectivity index (χ0) is 18.7. The van der Waals surface area contributed by atoms with Crippen molar-refractivity contribution >= 4 is 29.4 Å². The molecule has 0 radical (unpaired) electrons. The summed E-state index contributed by atoms with van der Waals surface area (Å²) in [6, 6.07) is 7.07. The van der Waals surface area contributed by atoms with Crippen LogP contribution >= 0.6 is 11.6 Å². The van der Waals surface area contributed by atoms with Crippen molar-refractivity contribution in [2.75, 3.05) is 20.1 Å².